The highest BCUT2D eigenvalue weighted by molar-refractivity contribution is 6.06. The normalized spacial score (nSPS) is 10.7. The molecule has 0 fully saturated rings. The zero-order chi connectivity index (χ0) is 14.1. The fourth-order valence-corrected chi connectivity index (χ4v) is 2.06. The van der Waals surface area contributed by atoms with Crippen molar-refractivity contribution in [3.05, 3.63) is 48.0 Å². The Morgan fingerprint density at radius 1 is 1.20 bits per heavy atom. The molecule has 0 saturated heterocycles. The molecule has 2 heterocycles. The van der Waals surface area contributed by atoms with E-state index in [2.05, 4.69) is 4.98 Å². The number of furan rings is 1. The molecular weight excluding hydrogens is 258 g/mol. The van der Waals surface area contributed by atoms with Crippen molar-refractivity contribution in [1.29, 1.82) is 0 Å². The first-order valence-electron chi connectivity index (χ1n) is 5.97. The van der Waals surface area contributed by atoms with E-state index >= 15 is 0 Å². The fraction of sp³-hybridized carbons (Fsp3) is 0.0667. The summed E-state index contributed by atoms with van der Waals surface area (Å²) in [6, 6.07) is 12.4. The minimum absolute atomic E-state index is 0.0464. The topological polar surface area (TPSA) is 72.6 Å². The third-order valence-corrected chi connectivity index (χ3v) is 2.97. The van der Waals surface area contributed by atoms with Gasteiger partial charge in [0.15, 0.2) is 11.3 Å². The van der Waals surface area contributed by atoms with Crippen molar-refractivity contribution in [2.75, 3.05) is 7.11 Å². The molecule has 0 atom stereocenters. The van der Waals surface area contributed by atoms with Crippen molar-refractivity contribution >= 4 is 17.1 Å². The minimum Gasteiger partial charge on any atom is -0.481 e. The van der Waals surface area contributed by atoms with Crippen molar-refractivity contribution < 1.29 is 19.1 Å². The number of carboxylic acid groups (broad SMARTS) is 1. The minimum atomic E-state index is -1.08. The number of carboxylic acids is 1. The molecule has 3 aromatic rings. The third kappa shape index (κ3) is 1.89. The quantitative estimate of drug-likeness (QED) is 0.790. The molecule has 5 heteroatoms. The first-order chi connectivity index (χ1) is 9.70. The van der Waals surface area contributed by atoms with Crippen LogP contribution in [0.5, 0.6) is 5.88 Å². The summed E-state index contributed by atoms with van der Waals surface area (Å²) in [5.74, 6) is -0.433. The molecule has 3 rings (SSSR count). The number of nitrogens with zero attached hydrogens (tertiary/aromatic N) is 1. The fourth-order valence-electron chi connectivity index (χ4n) is 2.06. The van der Waals surface area contributed by atoms with Crippen molar-refractivity contribution in [3.8, 4) is 17.2 Å². The van der Waals surface area contributed by atoms with Gasteiger partial charge in [-0.3, -0.25) is 0 Å². The Hall–Kier alpha value is -2.82. The lowest BCUT2D eigenvalue weighted by Gasteiger charge is -1.98. The zero-order valence-corrected chi connectivity index (χ0v) is 10.7. The van der Waals surface area contributed by atoms with Crippen LogP contribution in [0.4, 0.5) is 0 Å². The van der Waals surface area contributed by atoms with Gasteiger partial charge in [0.1, 0.15) is 11.1 Å². The van der Waals surface area contributed by atoms with E-state index in [0.717, 1.165) is 0 Å². The highest BCUT2D eigenvalue weighted by atomic mass is 16.5. The highest BCUT2D eigenvalue weighted by Crippen LogP contribution is 2.33. The van der Waals surface area contributed by atoms with Crippen LogP contribution in [0.15, 0.2) is 46.9 Å². The summed E-state index contributed by atoms with van der Waals surface area (Å²) in [7, 11) is 1.48. The zero-order valence-electron chi connectivity index (χ0n) is 10.7. The summed E-state index contributed by atoms with van der Waals surface area (Å²) in [5.41, 5.74) is 1.45. The van der Waals surface area contributed by atoms with Gasteiger partial charge in [0, 0.05) is 11.6 Å². The molecular formula is C15H11NO4. The number of rotatable bonds is 3. The van der Waals surface area contributed by atoms with Gasteiger partial charge in [-0.15, -0.1) is 0 Å². The summed E-state index contributed by atoms with van der Waals surface area (Å²) < 4.78 is 10.7. The number of benzene rings is 1. The van der Waals surface area contributed by atoms with Crippen LogP contribution in [0, 0.1) is 0 Å². The summed E-state index contributed by atoms with van der Waals surface area (Å²) in [4.78, 5) is 15.7. The standard InChI is InChI=1S/C15H11NO4/c1-19-11-8-7-10-13(16-11)12(15(17)18)14(20-10)9-5-3-2-4-6-9/h2-8H,1H3,(H,17,18). The summed E-state index contributed by atoms with van der Waals surface area (Å²) in [6.45, 7) is 0. The van der Waals surface area contributed by atoms with Crippen molar-refractivity contribution in [2.45, 2.75) is 0 Å². The van der Waals surface area contributed by atoms with Gasteiger partial charge in [0.25, 0.3) is 0 Å². The second kappa shape index (κ2) is 4.70. The Labute approximate surface area is 114 Å². The molecule has 5 nitrogen and oxygen atoms in total. The van der Waals surface area contributed by atoms with E-state index in [1.54, 1.807) is 24.3 Å². The highest BCUT2D eigenvalue weighted by Gasteiger charge is 2.23. The van der Waals surface area contributed by atoms with Crippen LogP contribution >= 0.6 is 0 Å². The van der Waals surface area contributed by atoms with Gasteiger partial charge in [-0.25, -0.2) is 9.78 Å². The molecule has 0 radical (unpaired) electrons. The maximum atomic E-state index is 11.5. The van der Waals surface area contributed by atoms with E-state index in [-0.39, 0.29) is 11.1 Å². The number of pyridine rings is 1. The first kappa shape index (κ1) is 12.2. The monoisotopic (exact) mass is 269 g/mol. The molecule has 0 spiro atoms. The van der Waals surface area contributed by atoms with Crippen LogP contribution in [-0.2, 0) is 0 Å². The smallest absolute Gasteiger partial charge is 0.341 e. The number of aromatic nitrogens is 1. The summed E-state index contributed by atoms with van der Waals surface area (Å²) >= 11 is 0. The van der Waals surface area contributed by atoms with Crippen LogP contribution in [0.1, 0.15) is 10.4 Å². The van der Waals surface area contributed by atoms with Gasteiger partial charge >= 0.3 is 5.97 Å². The van der Waals surface area contributed by atoms with Crippen LogP contribution in [0.3, 0.4) is 0 Å². The van der Waals surface area contributed by atoms with E-state index in [1.165, 1.54) is 7.11 Å². The molecule has 100 valence electrons. The molecule has 1 aromatic carbocycles. The van der Waals surface area contributed by atoms with Gasteiger partial charge in [0.05, 0.1) is 7.11 Å². The maximum Gasteiger partial charge on any atom is 0.341 e. The van der Waals surface area contributed by atoms with E-state index in [0.29, 0.717) is 22.8 Å². The van der Waals surface area contributed by atoms with Gasteiger partial charge in [-0.1, -0.05) is 30.3 Å². The lowest BCUT2D eigenvalue weighted by Crippen LogP contribution is -1.98. The molecule has 1 N–H and O–H groups in total. The van der Waals surface area contributed by atoms with Gasteiger partial charge < -0.3 is 14.3 Å². The predicted molar refractivity (Wildman–Crippen MR) is 73.0 cm³/mol. The largest absolute Gasteiger partial charge is 0.481 e. The molecule has 0 unspecified atom stereocenters. The van der Waals surface area contributed by atoms with Crippen molar-refractivity contribution in [1.82, 2.24) is 4.98 Å². The molecule has 0 aliphatic heterocycles. The number of fused-ring (bicyclic) bond motifs is 1. The van der Waals surface area contributed by atoms with E-state index in [9.17, 15) is 9.90 Å². The first-order valence-corrected chi connectivity index (χ1v) is 5.97. The lowest BCUT2D eigenvalue weighted by atomic mass is 10.1. The second-order valence-corrected chi connectivity index (χ2v) is 4.18. The third-order valence-electron chi connectivity index (χ3n) is 2.97. The number of methoxy groups -OCH3 is 1. The number of ether oxygens (including phenoxy) is 1. The Kier molecular flexibility index (Phi) is 2.87. The van der Waals surface area contributed by atoms with Gasteiger partial charge in [-0.2, -0.15) is 0 Å². The van der Waals surface area contributed by atoms with Crippen LogP contribution in [0.2, 0.25) is 0 Å². The molecule has 2 aromatic heterocycles. The number of carbonyl (C=O) groups is 1. The number of hydrogen-bond donors (Lipinski definition) is 1. The maximum absolute atomic E-state index is 11.5. The Bertz CT molecular complexity index is 777. The van der Waals surface area contributed by atoms with E-state index in [4.69, 9.17) is 9.15 Å². The SMILES string of the molecule is COc1ccc2oc(-c3ccccc3)c(C(=O)O)c2n1. The number of aromatic carboxylic acids is 1. The van der Waals surface area contributed by atoms with Gasteiger partial charge in [0.2, 0.25) is 5.88 Å². The number of hydrogen-bond acceptors (Lipinski definition) is 4. The Morgan fingerprint density at radius 2 is 1.95 bits per heavy atom. The van der Waals surface area contributed by atoms with Crippen LogP contribution < -0.4 is 4.74 Å². The summed E-state index contributed by atoms with van der Waals surface area (Å²) in [5, 5.41) is 9.44. The molecule has 0 aliphatic rings. The van der Waals surface area contributed by atoms with Crippen molar-refractivity contribution in [2.24, 2.45) is 0 Å². The lowest BCUT2D eigenvalue weighted by molar-refractivity contribution is 0.0699. The average Bonchev–Trinajstić information content (AvgIpc) is 2.86. The predicted octanol–water partition coefficient (Wildman–Crippen LogP) is 3.20. The second-order valence-electron chi connectivity index (χ2n) is 4.18. The average molecular weight is 269 g/mol. The molecule has 0 saturated carbocycles. The molecule has 0 bridgehead atoms. The van der Waals surface area contributed by atoms with Gasteiger partial charge in [-0.05, 0) is 6.07 Å². The molecule has 0 aliphatic carbocycles. The van der Waals surface area contributed by atoms with E-state index in [1.807, 2.05) is 18.2 Å². The van der Waals surface area contributed by atoms with Crippen LogP contribution in [0.25, 0.3) is 22.4 Å². The summed E-state index contributed by atoms with van der Waals surface area (Å²) in [6.07, 6.45) is 0. The molecule has 20 heavy (non-hydrogen) atoms. The Balaban J connectivity index is 2.32. The Morgan fingerprint density at radius 3 is 2.60 bits per heavy atom. The molecule has 0 amide bonds. The van der Waals surface area contributed by atoms with Crippen molar-refractivity contribution in [3.63, 3.8) is 0 Å². The van der Waals surface area contributed by atoms with E-state index < -0.39 is 5.97 Å². The van der Waals surface area contributed by atoms with Crippen LogP contribution in [-0.4, -0.2) is 23.2 Å².